The van der Waals surface area contributed by atoms with Crippen LogP contribution < -0.4 is 5.73 Å². The SMILES string of the molecule is Cl.N[C@H](CN1CCCC1=O)C(=O)O. The lowest BCUT2D eigenvalue weighted by atomic mass is 10.3. The van der Waals surface area contributed by atoms with E-state index in [-0.39, 0.29) is 24.9 Å². The van der Waals surface area contributed by atoms with Crippen molar-refractivity contribution in [1.82, 2.24) is 4.90 Å². The Morgan fingerprint density at radius 1 is 1.69 bits per heavy atom. The Morgan fingerprint density at radius 3 is 2.69 bits per heavy atom. The van der Waals surface area contributed by atoms with Gasteiger partial charge in [0.05, 0.1) is 0 Å². The van der Waals surface area contributed by atoms with Crippen LogP contribution in [0.15, 0.2) is 0 Å². The number of carbonyl (C=O) groups excluding carboxylic acids is 1. The van der Waals surface area contributed by atoms with E-state index in [0.29, 0.717) is 13.0 Å². The molecule has 1 heterocycles. The molecule has 76 valence electrons. The summed E-state index contributed by atoms with van der Waals surface area (Å²) in [4.78, 5) is 22.8. The number of halogens is 1. The Bertz CT molecular complexity index is 210. The van der Waals surface area contributed by atoms with Crippen molar-refractivity contribution in [2.24, 2.45) is 5.73 Å². The van der Waals surface area contributed by atoms with Crippen LogP contribution in [-0.2, 0) is 9.59 Å². The minimum atomic E-state index is -1.06. The zero-order valence-corrected chi connectivity index (χ0v) is 7.92. The minimum absolute atomic E-state index is 0. The van der Waals surface area contributed by atoms with Gasteiger partial charge in [0.15, 0.2) is 0 Å². The number of rotatable bonds is 3. The van der Waals surface area contributed by atoms with Gasteiger partial charge in [-0.2, -0.15) is 0 Å². The van der Waals surface area contributed by atoms with E-state index in [2.05, 4.69) is 0 Å². The van der Waals surface area contributed by atoms with Gasteiger partial charge in [-0.1, -0.05) is 0 Å². The average Bonchev–Trinajstić information content (AvgIpc) is 2.36. The van der Waals surface area contributed by atoms with Crippen LogP contribution >= 0.6 is 12.4 Å². The lowest BCUT2D eigenvalue weighted by Gasteiger charge is -2.17. The molecule has 1 atom stereocenters. The maximum absolute atomic E-state index is 11.0. The molecule has 13 heavy (non-hydrogen) atoms. The largest absolute Gasteiger partial charge is 0.480 e. The number of likely N-dealkylation sites (tertiary alicyclic amines) is 1. The van der Waals surface area contributed by atoms with Gasteiger partial charge < -0.3 is 15.7 Å². The topological polar surface area (TPSA) is 83.6 Å². The van der Waals surface area contributed by atoms with Crippen LogP contribution in [0, 0.1) is 0 Å². The summed E-state index contributed by atoms with van der Waals surface area (Å²) < 4.78 is 0. The van der Waals surface area contributed by atoms with E-state index in [1.54, 1.807) is 0 Å². The van der Waals surface area contributed by atoms with Crippen LogP contribution in [0.25, 0.3) is 0 Å². The Hall–Kier alpha value is -0.810. The number of carboxylic acid groups (broad SMARTS) is 1. The highest BCUT2D eigenvalue weighted by Crippen LogP contribution is 2.09. The molecule has 1 aliphatic heterocycles. The fourth-order valence-corrected chi connectivity index (χ4v) is 1.21. The molecule has 0 aliphatic carbocycles. The maximum atomic E-state index is 11.0. The van der Waals surface area contributed by atoms with Gasteiger partial charge in [-0.05, 0) is 6.42 Å². The number of hydrogen-bond acceptors (Lipinski definition) is 3. The molecule has 1 fully saturated rings. The van der Waals surface area contributed by atoms with E-state index in [9.17, 15) is 9.59 Å². The lowest BCUT2D eigenvalue weighted by Crippen LogP contribution is -2.43. The normalized spacial score (nSPS) is 18.2. The van der Waals surface area contributed by atoms with Gasteiger partial charge in [-0.25, -0.2) is 0 Å². The molecular formula is C7H13ClN2O3. The molecule has 0 aromatic heterocycles. The van der Waals surface area contributed by atoms with Crippen molar-refractivity contribution in [2.45, 2.75) is 18.9 Å². The van der Waals surface area contributed by atoms with Crippen molar-refractivity contribution in [1.29, 1.82) is 0 Å². The fraction of sp³-hybridized carbons (Fsp3) is 0.714. The third kappa shape index (κ3) is 3.20. The van der Waals surface area contributed by atoms with Crippen LogP contribution in [0.5, 0.6) is 0 Å². The van der Waals surface area contributed by atoms with Crippen LogP contribution in [0.1, 0.15) is 12.8 Å². The maximum Gasteiger partial charge on any atom is 0.322 e. The van der Waals surface area contributed by atoms with Crippen LogP contribution in [0.4, 0.5) is 0 Å². The highest BCUT2D eigenvalue weighted by molar-refractivity contribution is 5.85. The summed E-state index contributed by atoms with van der Waals surface area (Å²) in [5.41, 5.74) is 5.27. The van der Waals surface area contributed by atoms with E-state index < -0.39 is 12.0 Å². The average molecular weight is 209 g/mol. The molecule has 1 amide bonds. The minimum Gasteiger partial charge on any atom is -0.480 e. The predicted octanol–water partition coefficient (Wildman–Crippen LogP) is -0.558. The van der Waals surface area contributed by atoms with E-state index in [4.69, 9.17) is 10.8 Å². The number of aliphatic carboxylic acids is 1. The van der Waals surface area contributed by atoms with Crippen molar-refractivity contribution in [3.8, 4) is 0 Å². The summed E-state index contributed by atoms with van der Waals surface area (Å²) in [6.45, 7) is 0.772. The summed E-state index contributed by atoms with van der Waals surface area (Å²) in [5, 5.41) is 8.47. The molecule has 0 radical (unpaired) electrons. The first kappa shape index (κ1) is 12.2. The summed E-state index contributed by atoms with van der Waals surface area (Å²) in [6.07, 6.45) is 1.33. The van der Waals surface area contributed by atoms with Crippen LogP contribution in [0.2, 0.25) is 0 Å². The van der Waals surface area contributed by atoms with Crippen molar-refractivity contribution >= 4 is 24.3 Å². The van der Waals surface area contributed by atoms with Gasteiger partial charge in [0.2, 0.25) is 5.91 Å². The fourth-order valence-electron chi connectivity index (χ4n) is 1.21. The molecule has 0 unspecified atom stereocenters. The molecule has 5 nitrogen and oxygen atoms in total. The Labute approximate surface area is 82.3 Å². The quantitative estimate of drug-likeness (QED) is 0.652. The molecule has 3 N–H and O–H groups in total. The number of amides is 1. The zero-order chi connectivity index (χ0) is 9.14. The zero-order valence-electron chi connectivity index (χ0n) is 7.10. The molecule has 1 rings (SSSR count). The summed E-state index contributed by atoms with van der Waals surface area (Å²) in [7, 11) is 0. The van der Waals surface area contributed by atoms with Gasteiger partial charge in [-0.15, -0.1) is 12.4 Å². The Morgan fingerprint density at radius 2 is 2.31 bits per heavy atom. The number of hydrogen-bond donors (Lipinski definition) is 2. The van der Waals surface area contributed by atoms with Crippen LogP contribution in [0.3, 0.4) is 0 Å². The molecule has 0 aromatic carbocycles. The van der Waals surface area contributed by atoms with Gasteiger partial charge in [0.1, 0.15) is 6.04 Å². The van der Waals surface area contributed by atoms with Gasteiger partial charge >= 0.3 is 5.97 Å². The number of carbonyl (C=O) groups is 2. The molecule has 0 saturated carbocycles. The Kier molecular flexibility index (Phi) is 4.72. The smallest absolute Gasteiger partial charge is 0.322 e. The highest BCUT2D eigenvalue weighted by Gasteiger charge is 2.24. The third-order valence-electron chi connectivity index (χ3n) is 1.91. The second-order valence-corrected chi connectivity index (χ2v) is 2.89. The second kappa shape index (κ2) is 5.04. The Balaban J connectivity index is 0.00000144. The van der Waals surface area contributed by atoms with E-state index in [1.165, 1.54) is 4.90 Å². The van der Waals surface area contributed by atoms with Gasteiger partial charge in [-0.3, -0.25) is 9.59 Å². The number of nitrogens with two attached hydrogens (primary N) is 1. The molecule has 1 aliphatic rings. The van der Waals surface area contributed by atoms with Gasteiger partial charge in [0, 0.05) is 19.5 Å². The first-order valence-corrected chi connectivity index (χ1v) is 3.87. The first-order chi connectivity index (χ1) is 5.61. The van der Waals surface area contributed by atoms with E-state index in [0.717, 1.165) is 6.42 Å². The standard InChI is InChI=1S/C7H12N2O3.ClH/c8-5(7(11)12)4-9-3-1-2-6(9)10;/h5H,1-4,8H2,(H,11,12);1H/t5-;/m1./s1. The second-order valence-electron chi connectivity index (χ2n) is 2.89. The predicted molar refractivity (Wildman–Crippen MR) is 48.7 cm³/mol. The van der Waals surface area contributed by atoms with E-state index >= 15 is 0 Å². The highest BCUT2D eigenvalue weighted by atomic mass is 35.5. The van der Waals surface area contributed by atoms with Crippen molar-refractivity contribution in [3.63, 3.8) is 0 Å². The lowest BCUT2D eigenvalue weighted by molar-refractivity contribution is -0.139. The molecular weight excluding hydrogens is 196 g/mol. The van der Waals surface area contributed by atoms with Crippen molar-refractivity contribution < 1.29 is 14.7 Å². The van der Waals surface area contributed by atoms with E-state index in [1.807, 2.05) is 0 Å². The van der Waals surface area contributed by atoms with Crippen molar-refractivity contribution in [2.75, 3.05) is 13.1 Å². The van der Waals surface area contributed by atoms with Gasteiger partial charge in [0.25, 0.3) is 0 Å². The molecule has 0 aromatic rings. The summed E-state index contributed by atoms with van der Waals surface area (Å²) in [6, 6.07) is -0.952. The summed E-state index contributed by atoms with van der Waals surface area (Å²) in [5.74, 6) is -1.05. The first-order valence-electron chi connectivity index (χ1n) is 3.87. The number of carboxylic acids is 1. The monoisotopic (exact) mass is 208 g/mol. The molecule has 1 saturated heterocycles. The van der Waals surface area contributed by atoms with Crippen LogP contribution in [-0.4, -0.2) is 41.0 Å². The van der Waals surface area contributed by atoms with Crippen molar-refractivity contribution in [3.05, 3.63) is 0 Å². The number of nitrogens with zero attached hydrogens (tertiary/aromatic N) is 1. The third-order valence-corrected chi connectivity index (χ3v) is 1.91. The molecule has 6 heteroatoms. The molecule has 0 spiro atoms. The molecule has 0 bridgehead atoms. The summed E-state index contributed by atoms with van der Waals surface area (Å²) >= 11 is 0.